The van der Waals surface area contributed by atoms with Crippen LogP contribution in [0.25, 0.3) is 5.76 Å². The van der Waals surface area contributed by atoms with E-state index in [4.69, 9.17) is 9.47 Å². The number of aliphatic hydroxyl groups excluding tert-OH is 1. The number of hydrogen-bond acceptors (Lipinski definition) is 6. The van der Waals surface area contributed by atoms with E-state index in [0.29, 0.717) is 22.7 Å². The van der Waals surface area contributed by atoms with E-state index in [2.05, 4.69) is 0 Å². The summed E-state index contributed by atoms with van der Waals surface area (Å²) >= 11 is 0. The molecule has 0 radical (unpaired) electrons. The molecule has 3 aromatic carbocycles. The molecule has 1 atom stereocenters. The molecule has 1 unspecified atom stereocenters. The van der Waals surface area contributed by atoms with Crippen molar-refractivity contribution in [2.75, 3.05) is 30.7 Å². The molecule has 1 fully saturated rings. The maximum absolute atomic E-state index is 13.5. The average molecular weight is 460 g/mol. The Bertz CT molecular complexity index is 1320. The molecule has 2 aliphatic rings. The number of fused-ring (bicyclic) bond motifs is 1. The number of amides is 1. The molecule has 1 N–H and O–H groups in total. The van der Waals surface area contributed by atoms with Gasteiger partial charge in [-0.1, -0.05) is 12.1 Å². The molecule has 172 valence electrons. The van der Waals surface area contributed by atoms with Gasteiger partial charge in [-0.2, -0.15) is 0 Å². The molecule has 8 heteroatoms. The van der Waals surface area contributed by atoms with Gasteiger partial charge in [-0.05, 0) is 54.1 Å². The van der Waals surface area contributed by atoms with Crippen LogP contribution < -0.4 is 19.3 Å². The Balaban J connectivity index is 1.69. The summed E-state index contributed by atoms with van der Waals surface area (Å²) in [5.41, 5.74) is 2.14. The zero-order valence-corrected chi connectivity index (χ0v) is 18.5. The van der Waals surface area contributed by atoms with Crippen molar-refractivity contribution in [1.29, 1.82) is 0 Å². The smallest absolute Gasteiger partial charge is 0.300 e. The number of hydrogen-bond donors (Lipinski definition) is 1. The Morgan fingerprint density at radius 3 is 2.32 bits per heavy atom. The zero-order chi connectivity index (χ0) is 24.0. The third kappa shape index (κ3) is 3.53. The monoisotopic (exact) mass is 460 g/mol. The van der Waals surface area contributed by atoms with Crippen LogP contribution in [0, 0.1) is 5.82 Å². The summed E-state index contributed by atoms with van der Waals surface area (Å²) in [5.74, 6) is -1.47. The topological polar surface area (TPSA) is 79.3 Å². The molecular weight excluding hydrogens is 439 g/mol. The van der Waals surface area contributed by atoms with Crippen LogP contribution in [-0.2, 0) is 9.59 Å². The van der Waals surface area contributed by atoms with Gasteiger partial charge in [0.25, 0.3) is 11.7 Å². The summed E-state index contributed by atoms with van der Waals surface area (Å²) < 4.78 is 24.3. The maximum atomic E-state index is 13.5. The first-order valence-corrected chi connectivity index (χ1v) is 10.6. The Morgan fingerprint density at radius 1 is 0.971 bits per heavy atom. The molecule has 34 heavy (non-hydrogen) atoms. The van der Waals surface area contributed by atoms with E-state index in [0.717, 1.165) is 5.69 Å². The summed E-state index contributed by atoms with van der Waals surface area (Å²) in [7, 11) is 3.81. The molecule has 0 saturated carbocycles. The van der Waals surface area contributed by atoms with Crippen LogP contribution in [0.1, 0.15) is 17.2 Å². The molecule has 7 nitrogen and oxygen atoms in total. The van der Waals surface area contributed by atoms with Crippen LogP contribution in [0.15, 0.2) is 72.3 Å². The van der Waals surface area contributed by atoms with E-state index in [-0.39, 0.29) is 23.7 Å². The van der Waals surface area contributed by atoms with Crippen molar-refractivity contribution in [1.82, 2.24) is 0 Å². The lowest BCUT2D eigenvalue weighted by Crippen LogP contribution is -2.29. The lowest BCUT2D eigenvalue weighted by atomic mass is 9.95. The highest BCUT2D eigenvalue weighted by Gasteiger charge is 2.47. The Kier molecular flexibility index (Phi) is 5.20. The van der Waals surface area contributed by atoms with Crippen LogP contribution in [0.4, 0.5) is 15.8 Å². The van der Waals surface area contributed by atoms with Crippen molar-refractivity contribution in [3.63, 3.8) is 0 Å². The Morgan fingerprint density at radius 2 is 1.65 bits per heavy atom. The lowest BCUT2D eigenvalue weighted by molar-refractivity contribution is -0.132. The normalized spacial score (nSPS) is 18.4. The average Bonchev–Trinajstić information content (AvgIpc) is 3.41. The lowest BCUT2D eigenvalue weighted by Gasteiger charge is -2.26. The minimum absolute atomic E-state index is 0.0671. The van der Waals surface area contributed by atoms with Crippen LogP contribution in [0.3, 0.4) is 0 Å². The van der Waals surface area contributed by atoms with Crippen molar-refractivity contribution in [2.45, 2.75) is 6.04 Å². The van der Waals surface area contributed by atoms with Gasteiger partial charge in [0.2, 0.25) is 6.79 Å². The van der Waals surface area contributed by atoms with Crippen molar-refractivity contribution >= 4 is 28.8 Å². The van der Waals surface area contributed by atoms with E-state index in [1.165, 1.54) is 29.2 Å². The van der Waals surface area contributed by atoms with Gasteiger partial charge in [-0.15, -0.1) is 0 Å². The number of carbonyl (C=O) groups is 2. The summed E-state index contributed by atoms with van der Waals surface area (Å²) in [6.45, 7) is 0.0671. The molecule has 3 aromatic rings. The minimum atomic E-state index is -0.901. The maximum Gasteiger partial charge on any atom is 0.300 e. The molecular formula is C26H21FN2O5. The quantitative estimate of drug-likeness (QED) is 0.356. The molecule has 1 saturated heterocycles. The number of nitrogens with zero attached hydrogens (tertiary/aromatic N) is 2. The van der Waals surface area contributed by atoms with Gasteiger partial charge in [0.1, 0.15) is 11.6 Å². The fourth-order valence-electron chi connectivity index (χ4n) is 4.17. The molecule has 5 rings (SSSR count). The van der Waals surface area contributed by atoms with Crippen molar-refractivity contribution in [3.8, 4) is 11.5 Å². The third-order valence-electron chi connectivity index (χ3n) is 5.92. The van der Waals surface area contributed by atoms with Gasteiger partial charge in [-0.3, -0.25) is 14.5 Å². The first-order chi connectivity index (χ1) is 16.3. The molecule has 0 aromatic heterocycles. The van der Waals surface area contributed by atoms with Crippen molar-refractivity contribution in [3.05, 3.63) is 89.2 Å². The number of anilines is 2. The van der Waals surface area contributed by atoms with Gasteiger partial charge in [0.15, 0.2) is 11.5 Å². The van der Waals surface area contributed by atoms with E-state index < -0.39 is 23.5 Å². The zero-order valence-electron chi connectivity index (χ0n) is 18.5. The summed E-state index contributed by atoms with van der Waals surface area (Å²) in [6, 6.07) is 16.5. The molecule has 1 amide bonds. The molecule has 2 heterocycles. The summed E-state index contributed by atoms with van der Waals surface area (Å²) in [5, 5.41) is 11.1. The SMILES string of the molecule is CN(C)c1ccc(C2/C(=C(\O)c3ccc(F)cc3)C(=O)C(=O)N2c2ccc3c(c2)OCO3)cc1. The standard InChI is InChI=1S/C26H21FN2O5/c1-28(2)18-9-5-15(6-10-18)23-22(24(30)16-3-7-17(27)8-4-16)25(31)26(32)29(23)19-11-12-20-21(13-19)34-14-33-20/h3-13,23,30H,14H2,1-2H3/b24-22+. The number of aliphatic hydroxyl groups is 1. The summed E-state index contributed by atoms with van der Waals surface area (Å²) in [4.78, 5) is 29.7. The highest BCUT2D eigenvalue weighted by molar-refractivity contribution is 6.51. The van der Waals surface area contributed by atoms with E-state index in [9.17, 15) is 19.1 Å². The number of ketones is 1. The highest BCUT2D eigenvalue weighted by Crippen LogP contribution is 2.45. The second-order valence-corrected chi connectivity index (χ2v) is 8.20. The Labute approximate surface area is 195 Å². The van der Waals surface area contributed by atoms with Crippen LogP contribution >= 0.6 is 0 Å². The highest BCUT2D eigenvalue weighted by atomic mass is 19.1. The predicted molar refractivity (Wildman–Crippen MR) is 125 cm³/mol. The first-order valence-electron chi connectivity index (χ1n) is 10.6. The summed E-state index contributed by atoms with van der Waals surface area (Å²) in [6.07, 6.45) is 0. The number of carbonyl (C=O) groups excluding carboxylic acids is 2. The van der Waals surface area contributed by atoms with Gasteiger partial charge in [-0.25, -0.2) is 4.39 Å². The second-order valence-electron chi connectivity index (χ2n) is 8.20. The van der Waals surface area contributed by atoms with Gasteiger partial charge < -0.3 is 19.5 Å². The molecule has 0 aliphatic carbocycles. The van der Waals surface area contributed by atoms with E-state index in [1.807, 2.05) is 43.3 Å². The number of rotatable bonds is 4. The predicted octanol–water partition coefficient (Wildman–Crippen LogP) is 4.25. The fourth-order valence-corrected chi connectivity index (χ4v) is 4.17. The second kappa shape index (κ2) is 8.22. The third-order valence-corrected chi connectivity index (χ3v) is 5.92. The number of halogens is 1. The fraction of sp³-hybridized carbons (Fsp3) is 0.154. The van der Waals surface area contributed by atoms with Crippen LogP contribution in [-0.4, -0.2) is 37.7 Å². The number of benzene rings is 3. The van der Waals surface area contributed by atoms with Gasteiger partial charge >= 0.3 is 0 Å². The first kappa shape index (κ1) is 21.5. The van der Waals surface area contributed by atoms with E-state index >= 15 is 0 Å². The van der Waals surface area contributed by atoms with Gasteiger partial charge in [0, 0.05) is 37.1 Å². The number of Topliss-reactive ketones (excluding diaryl/α,β-unsaturated/α-hetero) is 1. The number of ether oxygens (including phenoxy) is 2. The molecule has 2 aliphatic heterocycles. The van der Waals surface area contributed by atoms with Crippen LogP contribution in [0.2, 0.25) is 0 Å². The van der Waals surface area contributed by atoms with Crippen LogP contribution in [0.5, 0.6) is 11.5 Å². The van der Waals surface area contributed by atoms with Gasteiger partial charge in [0.05, 0.1) is 11.6 Å². The Hall–Kier alpha value is -4.33. The minimum Gasteiger partial charge on any atom is -0.507 e. The molecule has 0 bridgehead atoms. The van der Waals surface area contributed by atoms with Crippen molar-refractivity contribution < 1.29 is 28.6 Å². The van der Waals surface area contributed by atoms with E-state index in [1.54, 1.807) is 18.2 Å². The van der Waals surface area contributed by atoms with Crippen molar-refractivity contribution in [2.24, 2.45) is 0 Å². The largest absolute Gasteiger partial charge is 0.507 e. The molecule has 0 spiro atoms.